The van der Waals surface area contributed by atoms with Crippen molar-refractivity contribution in [1.82, 2.24) is 9.80 Å². The summed E-state index contributed by atoms with van der Waals surface area (Å²) in [5, 5.41) is 0. The third kappa shape index (κ3) is 1.72. The average Bonchev–Trinajstić information content (AvgIpc) is 3.00. The quantitative estimate of drug-likeness (QED) is 0.647. The van der Waals surface area contributed by atoms with Crippen LogP contribution >= 0.6 is 24.0 Å². The first-order chi connectivity index (χ1) is 6.34. The zero-order chi connectivity index (χ0) is 8.84. The largest absolute Gasteiger partial charge is 0.341 e. The molecule has 72 valence electrons. The summed E-state index contributed by atoms with van der Waals surface area (Å²) in [6.07, 6.45) is 5.54. The van der Waals surface area contributed by atoms with E-state index in [4.69, 9.17) is 12.2 Å². The molecule has 3 rings (SSSR count). The highest BCUT2D eigenvalue weighted by Crippen LogP contribution is 2.36. The van der Waals surface area contributed by atoms with Crippen LogP contribution in [0, 0.1) is 0 Å². The molecule has 0 aromatic heterocycles. The van der Waals surface area contributed by atoms with E-state index in [0.717, 1.165) is 28.9 Å². The Kier molecular flexibility index (Phi) is 2.03. The highest BCUT2D eigenvalue weighted by Gasteiger charge is 2.38. The monoisotopic (exact) mass is 214 g/mol. The fourth-order valence-electron chi connectivity index (χ4n) is 1.83. The Balaban J connectivity index is 1.66. The molecular weight excluding hydrogens is 200 g/mol. The second kappa shape index (κ2) is 3.11. The van der Waals surface area contributed by atoms with E-state index in [0.29, 0.717) is 0 Å². The minimum absolute atomic E-state index is 0.793. The van der Waals surface area contributed by atoms with Crippen LogP contribution in [0.1, 0.15) is 25.7 Å². The minimum atomic E-state index is 0.793. The molecular formula is C9H14N2S2. The van der Waals surface area contributed by atoms with E-state index >= 15 is 0 Å². The average molecular weight is 214 g/mol. The molecule has 2 aliphatic carbocycles. The first-order valence-electron chi connectivity index (χ1n) is 5.02. The van der Waals surface area contributed by atoms with Crippen molar-refractivity contribution in [3.05, 3.63) is 0 Å². The van der Waals surface area contributed by atoms with Crippen molar-refractivity contribution in [2.75, 3.05) is 12.5 Å². The maximum Gasteiger partial charge on any atom is 0.138 e. The second-order valence-electron chi connectivity index (χ2n) is 4.20. The van der Waals surface area contributed by atoms with Crippen molar-refractivity contribution in [3.63, 3.8) is 0 Å². The van der Waals surface area contributed by atoms with Gasteiger partial charge in [-0.3, -0.25) is 4.90 Å². The number of thioether (sulfide) groups is 1. The number of nitrogens with zero attached hydrogens (tertiary/aromatic N) is 2. The van der Waals surface area contributed by atoms with Crippen molar-refractivity contribution in [2.45, 2.75) is 37.8 Å². The lowest BCUT2D eigenvalue weighted by Crippen LogP contribution is -2.46. The van der Waals surface area contributed by atoms with Crippen LogP contribution in [0.25, 0.3) is 0 Å². The Hall–Kier alpha value is 0.200. The van der Waals surface area contributed by atoms with Crippen LogP contribution in [-0.4, -0.2) is 38.7 Å². The zero-order valence-corrected chi connectivity index (χ0v) is 9.24. The third-order valence-electron chi connectivity index (χ3n) is 2.97. The molecule has 0 N–H and O–H groups in total. The van der Waals surface area contributed by atoms with E-state index in [-0.39, 0.29) is 0 Å². The summed E-state index contributed by atoms with van der Waals surface area (Å²) in [6, 6.07) is 1.68. The van der Waals surface area contributed by atoms with Crippen LogP contribution in [0.4, 0.5) is 0 Å². The molecule has 4 heteroatoms. The second-order valence-corrected chi connectivity index (χ2v) is 5.78. The van der Waals surface area contributed by atoms with Gasteiger partial charge in [-0.05, 0) is 25.7 Å². The smallest absolute Gasteiger partial charge is 0.138 e. The molecule has 3 aliphatic rings. The molecule has 13 heavy (non-hydrogen) atoms. The minimum Gasteiger partial charge on any atom is -0.341 e. The molecule has 2 saturated carbocycles. The third-order valence-corrected chi connectivity index (χ3v) is 4.50. The van der Waals surface area contributed by atoms with Gasteiger partial charge in [-0.2, -0.15) is 0 Å². The predicted octanol–water partition coefficient (Wildman–Crippen LogP) is 1.86. The number of rotatable bonds is 2. The Morgan fingerprint density at radius 2 is 1.85 bits per heavy atom. The topological polar surface area (TPSA) is 6.48 Å². The van der Waals surface area contributed by atoms with Gasteiger partial charge in [0.1, 0.15) is 4.32 Å². The van der Waals surface area contributed by atoms with Gasteiger partial charge in [0, 0.05) is 12.1 Å². The number of hydrogen-bond acceptors (Lipinski definition) is 3. The maximum absolute atomic E-state index is 5.37. The fraction of sp³-hybridized carbons (Fsp3) is 0.889. The van der Waals surface area contributed by atoms with Gasteiger partial charge in [0.25, 0.3) is 0 Å². The van der Waals surface area contributed by atoms with E-state index in [1.54, 1.807) is 0 Å². The SMILES string of the molecule is S=C1SCN(C2CC2)CN1C1CC1. The zero-order valence-electron chi connectivity index (χ0n) is 7.61. The van der Waals surface area contributed by atoms with E-state index in [1.165, 1.54) is 25.7 Å². The summed E-state index contributed by atoms with van der Waals surface area (Å²) in [7, 11) is 0. The highest BCUT2D eigenvalue weighted by atomic mass is 32.2. The molecule has 3 fully saturated rings. The Morgan fingerprint density at radius 3 is 2.46 bits per heavy atom. The molecule has 0 unspecified atom stereocenters. The van der Waals surface area contributed by atoms with Crippen molar-refractivity contribution in [3.8, 4) is 0 Å². The fourth-order valence-corrected chi connectivity index (χ4v) is 3.13. The Labute approximate surface area is 88.6 Å². The molecule has 0 aromatic carbocycles. The van der Waals surface area contributed by atoms with E-state index in [1.807, 2.05) is 11.8 Å². The van der Waals surface area contributed by atoms with Gasteiger partial charge in [0.2, 0.25) is 0 Å². The summed E-state index contributed by atoms with van der Waals surface area (Å²) < 4.78 is 1.14. The Bertz CT molecular complexity index is 236. The molecule has 0 spiro atoms. The van der Waals surface area contributed by atoms with Gasteiger partial charge < -0.3 is 4.90 Å². The summed E-state index contributed by atoms with van der Waals surface area (Å²) in [4.78, 5) is 5.01. The van der Waals surface area contributed by atoms with Gasteiger partial charge in [-0.1, -0.05) is 24.0 Å². The lowest BCUT2D eigenvalue weighted by Gasteiger charge is -2.36. The Morgan fingerprint density at radius 1 is 1.15 bits per heavy atom. The van der Waals surface area contributed by atoms with Crippen molar-refractivity contribution < 1.29 is 0 Å². The summed E-state index contributed by atoms with van der Waals surface area (Å²) in [5.41, 5.74) is 0. The van der Waals surface area contributed by atoms with Crippen LogP contribution in [0.3, 0.4) is 0 Å². The normalized spacial score (nSPS) is 31.1. The van der Waals surface area contributed by atoms with Gasteiger partial charge >= 0.3 is 0 Å². The van der Waals surface area contributed by atoms with Crippen molar-refractivity contribution >= 4 is 28.3 Å². The summed E-state index contributed by atoms with van der Waals surface area (Å²) in [5.74, 6) is 1.13. The van der Waals surface area contributed by atoms with Crippen LogP contribution in [-0.2, 0) is 0 Å². The molecule has 0 amide bonds. The highest BCUT2D eigenvalue weighted by molar-refractivity contribution is 8.22. The maximum atomic E-state index is 5.37. The molecule has 0 bridgehead atoms. The van der Waals surface area contributed by atoms with Gasteiger partial charge in [-0.15, -0.1) is 0 Å². The predicted molar refractivity (Wildman–Crippen MR) is 59.6 cm³/mol. The standard InChI is InChI=1S/C9H14N2S2/c12-9-11(8-3-4-8)5-10(6-13-9)7-1-2-7/h7-8H,1-6H2. The summed E-state index contributed by atoms with van der Waals surface area (Å²) in [6.45, 7) is 1.11. The van der Waals surface area contributed by atoms with Gasteiger partial charge in [0.15, 0.2) is 0 Å². The lowest BCUT2D eigenvalue weighted by atomic mass is 10.5. The molecule has 1 heterocycles. The van der Waals surface area contributed by atoms with Crippen LogP contribution in [0.15, 0.2) is 0 Å². The van der Waals surface area contributed by atoms with Gasteiger partial charge in [-0.25, -0.2) is 0 Å². The number of hydrogen-bond donors (Lipinski definition) is 0. The van der Waals surface area contributed by atoms with Crippen molar-refractivity contribution in [2.24, 2.45) is 0 Å². The van der Waals surface area contributed by atoms with E-state index in [9.17, 15) is 0 Å². The first-order valence-corrected chi connectivity index (χ1v) is 6.41. The van der Waals surface area contributed by atoms with Crippen LogP contribution < -0.4 is 0 Å². The molecule has 0 aromatic rings. The van der Waals surface area contributed by atoms with Crippen LogP contribution in [0.5, 0.6) is 0 Å². The van der Waals surface area contributed by atoms with E-state index in [2.05, 4.69) is 9.80 Å². The lowest BCUT2D eigenvalue weighted by molar-refractivity contribution is 0.199. The van der Waals surface area contributed by atoms with Crippen LogP contribution in [0.2, 0.25) is 0 Å². The first kappa shape index (κ1) is 8.50. The molecule has 0 radical (unpaired) electrons. The summed E-state index contributed by atoms with van der Waals surface area (Å²) >= 11 is 7.22. The van der Waals surface area contributed by atoms with E-state index < -0.39 is 0 Å². The van der Waals surface area contributed by atoms with Crippen molar-refractivity contribution in [1.29, 1.82) is 0 Å². The molecule has 0 atom stereocenters. The number of thiocarbonyl (C=S) groups is 1. The molecule has 1 saturated heterocycles. The molecule has 2 nitrogen and oxygen atoms in total. The molecule has 1 aliphatic heterocycles. The van der Waals surface area contributed by atoms with Gasteiger partial charge in [0.05, 0.1) is 12.5 Å².